The Morgan fingerprint density at radius 1 is 1.30 bits per heavy atom. The second-order valence-corrected chi connectivity index (χ2v) is 8.23. The monoisotopic (exact) mass is 415 g/mol. The van der Waals surface area contributed by atoms with Gasteiger partial charge in [0.05, 0.1) is 5.54 Å². The lowest BCUT2D eigenvalue weighted by molar-refractivity contribution is 0.0650. The van der Waals surface area contributed by atoms with Gasteiger partial charge in [0.2, 0.25) is 5.43 Å². The van der Waals surface area contributed by atoms with E-state index in [0.717, 1.165) is 25.3 Å². The van der Waals surface area contributed by atoms with Crippen LogP contribution in [0.2, 0.25) is 0 Å². The molecule has 2 aliphatic heterocycles. The summed E-state index contributed by atoms with van der Waals surface area (Å²) in [5, 5.41) is 13.0. The minimum atomic E-state index is -0.944. The molecule has 3 aliphatic rings. The van der Waals surface area contributed by atoms with E-state index in [2.05, 4.69) is 5.32 Å². The fourth-order valence-corrected chi connectivity index (χ4v) is 4.82. The molecule has 0 radical (unpaired) electrons. The quantitative estimate of drug-likeness (QED) is 0.799. The van der Waals surface area contributed by atoms with Gasteiger partial charge in [0.15, 0.2) is 11.4 Å². The highest BCUT2D eigenvalue weighted by atomic mass is 19.1. The highest BCUT2D eigenvalue weighted by molar-refractivity contribution is 5.99. The topological polar surface area (TPSA) is 91.6 Å². The SMILES string of the molecule is O=C(NCc1ccc(F)cc1F)c1cn2c(c(O)c1=O)C(=O)N1CCCC3CC32C1. The molecule has 9 heteroatoms. The van der Waals surface area contributed by atoms with Crippen molar-refractivity contribution in [2.75, 3.05) is 13.1 Å². The number of fused-ring (bicyclic) bond motifs is 2. The number of amides is 2. The van der Waals surface area contributed by atoms with Crippen molar-refractivity contribution in [3.63, 3.8) is 0 Å². The van der Waals surface area contributed by atoms with Crippen molar-refractivity contribution in [1.82, 2.24) is 14.8 Å². The van der Waals surface area contributed by atoms with E-state index in [0.29, 0.717) is 25.1 Å². The number of nitrogens with one attached hydrogen (secondary N) is 1. The molecule has 1 aliphatic carbocycles. The van der Waals surface area contributed by atoms with Gasteiger partial charge in [-0.3, -0.25) is 14.4 Å². The van der Waals surface area contributed by atoms with E-state index in [9.17, 15) is 28.3 Å². The van der Waals surface area contributed by atoms with Gasteiger partial charge in [0, 0.05) is 37.5 Å². The molecule has 30 heavy (non-hydrogen) atoms. The van der Waals surface area contributed by atoms with Crippen molar-refractivity contribution in [3.8, 4) is 5.75 Å². The molecule has 1 aromatic heterocycles. The number of halogens is 2. The van der Waals surface area contributed by atoms with E-state index in [-0.39, 0.29) is 23.4 Å². The average molecular weight is 415 g/mol. The Kier molecular flexibility index (Phi) is 4.00. The molecule has 2 amide bonds. The van der Waals surface area contributed by atoms with Crippen LogP contribution in [0.5, 0.6) is 5.75 Å². The number of hydrogen-bond acceptors (Lipinski definition) is 4. The summed E-state index contributed by atoms with van der Waals surface area (Å²) in [6, 6.07) is 2.98. The third kappa shape index (κ3) is 2.64. The van der Waals surface area contributed by atoms with Crippen molar-refractivity contribution in [3.05, 3.63) is 63.1 Å². The zero-order chi connectivity index (χ0) is 21.2. The van der Waals surface area contributed by atoms with Gasteiger partial charge in [-0.2, -0.15) is 0 Å². The van der Waals surface area contributed by atoms with Crippen LogP contribution in [0.1, 0.15) is 45.7 Å². The Bertz CT molecular complexity index is 1160. The molecule has 2 atom stereocenters. The Hall–Kier alpha value is -3.23. The van der Waals surface area contributed by atoms with Crippen molar-refractivity contribution < 1.29 is 23.5 Å². The Morgan fingerprint density at radius 2 is 2.10 bits per heavy atom. The minimum absolute atomic E-state index is 0.0578. The molecular weight excluding hydrogens is 396 g/mol. The number of pyridine rings is 1. The number of rotatable bonds is 3. The number of nitrogens with zero attached hydrogens (tertiary/aromatic N) is 2. The van der Waals surface area contributed by atoms with Crippen LogP contribution in [0.25, 0.3) is 0 Å². The van der Waals surface area contributed by atoms with Gasteiger partial charge in [0.1, 0.15) is 17.2 Å². The van der Waals surface area contributed by atoms with Gasteiger partial charge in [0.25, 0.3) is 11.8 Å². The summed E-state index contributed by atoms with van der Waals surface area (Å²) < 4.78 is 28.5. The molecule has 1 saturated heterocycles. The lowest BCUT2D eigenvalue weighted by Crippen LogP contribution is -2.49. The number of aromatic hydroxyl groups is 1. The maximum atomic E-state index is 13.8. The first-order chi connectivity index (χ1) is 14.3. The summed E-state index contributed by atoms with van der Waals surface area (Å²) in [5.74, 6) is -3.18. The maximum absolute atomic E-state index is 13.8. The standard InChI is InChI=1S/C21H19F2N3O4/c22-13-4-3-11(15(23)6-13)8-24-19(29)14-9-26-16(18(28)17(14)27)20(30)25-5-1-2-12-7-21(12,26)10-25/h3-4,6,9,12,28H,1-2,5,7-8,10H2,(H,24,29). The molecule has 2 fully saturated rings. The van der Waals surface area contributed by atoms with Gasteiger partial charge in [-0.05, 0) is 31.2 Å². The van der Waals surface area contributed by atoms with Gasteiger partial charge < -0.3 is 19.9 Å². The normalized spacial score (nSPS) is 24.0. The second kappa shape index (κ2) is 6.38. The molecule has 2 bridgehead atoms. The minimum Gasteiger partial charge on any atom is -0.503 e. The van der Waals surface area contributed by atoms with Crippen LogP contribution in [-0.2, 0) is 12.1 Å². The fraction of sp³-hybridized carbons (Fsp3) is 0.381. The summed E-state index contributed by atoms with van der Waals surface area (Å²) in [6.07, 6.45) is 3.94. The molecule has 7 nitrogen and oxygen atoms in total. The number of hydrogen-bond donors (Lipinski definition) is 2. The van der Waals surface area contributed by atoms with Crippen molar-refractivity contribution in [2.45, 2.75) is 31.3 Å². The predicted molar refractivity (Wildman–Crippen MR) is 101 cm³/mol. The lowest BCUT2D eigenvalue weighted by Gasteiger charge is -2.36. The first kappa shape index (κ1) is 18.8. The van der Waals surface area contributed by atoms with Crippen LogP contribution in [0.3, 0.4) is 0 Å². The molecular formula is C21H19F2N3O4. The number of carbonyl (C=O) groups excluding carboxylic acids is 2. The fourth-order valence-electron chi connectivity index (χ4n) is 4.82. The summed E-state index contributed by atoms with van der Waals surface area (Å²) in [5.41, 5.74) is -1.67. The van der Waals surface area contributed by atoms with Gasteiger partial charge in [-0.1, -0.05) is 6.07 Å². The van der Waals surface area contributed by atoms with Crippen molar-refractivity contribution >= 4 is 11.8 Å². The Morgan fingerprint density at radius 3 is 2.87 bits per heavy atom. The predicted octanol–water partition coefficient (Wildman–Crippen LogP) is 1.73. The summed E-state index contributed by atoms with van der Waals surface area (Å²) in [4.78, 5) is 39.8. The molecule has 3 heterocycles. The second-order valence-electron chi connectivity index (χ2n) is 8.23. The molecule has 5 rings (SSSR count). The molecule has 1 aromatic carbocycles. The van der Waals surface area contributed by atoms with E-state index in [4.69, 9.17) is 0 Å². The van der Waals surface area contributed by atoms with Crippen molar-refractivity contribution in [2.24, 2.45) is 5.92 Å². The zero-order valence-electron chi connectivity index (χ0n) is 16.0. The molecule has 2 N–H and O–H groups in total. The van der Waals surface area contributed by atoms with E-state index >= 15 is 0 Å². The Labute approximate surface area is 169 Å². The van der Waals surface area contributed by atoms with E-state index in [1.165, 1.54) is 12.3 Å². The van der Waals surface area contributed by atoms with Crippen LogP contribution >= 0.6 is 0 Å². The highest BCUT2D eigenvalue weighted by Gasteiger charge is 2.61. The van der Waals surface area contributed by atoms with E-state index < -0.39 is 40.2 Å². The first-order valence-electron chi connectivity index (χ1n) is 9.82. The maximum Gasteiger partial charge on any atom is 0.274 e. The molecule has 2 aromatic rings. The average Bonchev–Trinajstić information content (AvgIpc) is 3.41. The van der Waals surface area contributed by atoms with E-state index in [1.54, 1.807) is 9.47 Å². The number of aromatic nitrogens is 1. The molecule has 2 unspecified atom stereocenters. The van der Waals surface area contributed by atoms with Crippen LogP contribution in [0.15, 0.2) is 29.2 Å². The van der Waals surface area contributed by atoms with Crippen molar-refractivity contribution in [1.29, 1.82) is 0 Å². The number of benzene rings is 1. The van der Waals surface area contributed by atoms with Gasteiger partial charge >= 0.3 is 0 Å². The molecule has 1 saturated carbocycles. The highest BCUT2D eigenvalue weighted by Crippen LogP contribution is 2.57. The smallest absolute Gasteiger partial charge is 0.274 e. The molecule has 1 spiro atoms. The summed E-state index contributed by atoms with van der Waals surface area (Å²) in [7, 11) is 0. The summed E-state index contributed by atoms with van der Waals surface area (Å²) >= 11 is 0. The van der Waals surface area contributed by atoms with Crippen LogP contribution in [0, 0.1) is 17.6 Å². The first-order valence-corrected chi connectivity index (χ1v) is 9.82. The van der Waals surface area contributed by atoms with Gasteiger partial charge in [-0.25, -0.2) is 8.78 Å². The third-order valence-corrected chi connectivity index (χ3v) is 6.50. The van der Waals surface area contributed by atoms with Crippen LogP contribution < -0.4 is 10.7 Å². The largest absolute Gasteiger partial charge is 0.503 e. The van der Waals surface area contributed by atoms with E-state index in [1.807, 2.05) is 0 Å². The Balaban J connectivity index is 1.50. The van der Waals surface area contributed by atoms with Crippen LogP contribution in [-0.4, -0.2) is 39.5 Å². The molecule has 156 valence electrons. The van der Waals surface area contributed by atoms with Crippen LogP contribution in [0.4, 0.5) is 8.78 Å². The summed E-state index contributed by atoms with van der Waals surface area (Å²) in [6.45, 7) is 0.817. The third-order valence-electron chi connectivity index (χ3n) is 6.50. The number of carbonyl (C=O) groups is 2. The van der Waals surface area contributed by atoms with Gasteiger partial charge in [-0.15, -0.1) is 0 Å². The lowest BCUT2D eigenvalue weighted by atomic mass is 10.0. The zero-order valence-corrected chi connectivity index (χ0v) is 16.0.